The van der Waals surface area contributed by atoms with Gasteiger partial charge in [0, 0.05) is 16.5 Å². The maximum Gasteiger partial charge on any atom is 0.145 e. The van der Waals surface area contributed by atoms with Gasteiger partial charge in [-0.1, -0.05) is 30.3 Å². The number of halogens is 2. The van der Waals surface area contributed by atoms with Crippen molar-refractivity contribution in [3.05, 3.63) is 57.3 Å². The van der Waals surface area contributed by atoms with Gasteiger partial charge in [-0.2, -0.15) is 0 Å². The van der Waals surface area contributed by atoms with Gasteiger partial charge in [0.05, 0.1) is 12.2 Å². The summed E-state index contributed by atoms with van der Waals surface area (Å²) in [5.41, 5.74) is 2.18. The minimum Gasteiger partial charge on any atom is -0.388 e. The van der Waals surface area contributed by atoms with E-state index in [0.29, 0.717) is 6.54 Å². The van der Waals surface area contributed by atoms with E-state index < -0.39 is 12.3 Å². The zero-order valence-corrected chi connectivity index (χ0v) is 13.6. The summed E-state index contributed by atoms with van der Waals surface area (Å²) in [6, 6.07) is 14.0. The van der Waals surface area contributed by atoms with Crippen LogP contribution in [0.15, 0.2) is 42.5 Å². The fourth-order valence-electron chi connectivity index (χ4n) is 2.50. The van der Waals surface area contributed by atoms with Crippen molar-refractivity contribution in [3.8, 4) is 0 Å². The minimum absolute atomic E-state index is 0.208. The van der Waals surface area contributed by atoms with E-state index in [-0.39, 0.29) is 6.54 Å². The van der Waals surface area contributed by atoms with E-state index in [0.717, 1.165) is 21.5 Å². The van der Waals surface area contributed by atoms with Gasteiger partial charge in [0.15, 0.2) is 0 Å². The van der Waals surface area contributed by atoms with Crippen molar-refractivity contribution >= 4 is 28.4 Å². The number of nitrogens with zero attached hydrogens (tertiary/aromatic N) is 2. The first kappa shape index (κ1) is 14.7. The number of alkyl halides is 1. The zero-order chi connectivity index (χ0) is 14.8. The highest BCUT2D eigenvalue weighted by Gasteiger charge is 2.32. The molecule has 1 aliphatic rings. The largest absolute Gasteiger partial charge is 0.388 e. The number of hydrogen-bond acceptors (Lipinski definition) is 3. The van der Waals surface area contributed by atoms with E-state index in [1.54, 1.807) is 4.90 Å². The van der Waals surface area contributed by atoms with Gasteiger partial charge < -0.3 is 10.0 Å². The molecule has 21 heavy (non-hydrogen) atoms. The van der Waals surface area contributed by atoms with Crippen LogP contribution in [-0.2, 0) is 6.42 Å². The van der Waals surface area contributed by atoms with E-state index in [2.05, 4.69) is 39.7 Å². The third-order valence-corrected chi connectivity index (χ3v) is 4.64. The Bertz CT molecular complexity index is 613. The Kier molecular flexibility index (Phi) is 4.40. The Labute approximate surface area is 137 Å². The van der Waals surface area contributed by atoms with Gasteiger partial charge in [0.25, 0.3) is 0 Å². The lowest BCUT2D eigenvalue weighted by molar-refractivity contribution is 0.118. The molecular weight excluding hydrogens is 382 g/mol. The number of pyridine rings is 1. The predicted molar refractivity (Wildman–Crippen MR) is 89.3 cm³/mol. The average Bonchev–Trinajstić information content (AvgIpc) is 2.82. The number of β-amino-alcohol motifs (C(OH)–C–C–N with tert-alkyl or cyclic N) is 1. The van der Waals surface area contributed by atoms with Gasteiger partial charge in [0.1, 0.15) is 18.1 Å². The van der Waals surface area contributed by atoms with E-state index in [4.69, 9.17) is 0 Å². The van der Waals surface area contributed by atoms with Crippen LogP contribution in [0.25, 0.3) is 0 Å². The number of aromatic nitrogens is 1. The van der Waals surface area contributed by atoms with Gasteiger partial charge in [-0.15, -0.1) is 0 Å². The van der Waals surface area contributed by atoms with Gasteiger partial charge in [0.2, 0.25) is 0 Å². The smallest absolute Gasteiger partial charge is 0.145 e. The van der Waals surface area contributed by atoms with Crippen molar-refractivity contribution in [2.45, 2.75) is 18.7 Å². The number of benzene rings is 1. The molecule has 2 heterocycles. The van der Waals surface area contributed by atoms with Crippen molar-refractivity contribution in [1.82, 2.24) is 4.98 Å². The maximum atomic E-state index is 13.5. The topological polar surface area (TPSA) is 36.4 Å². The minimum atomic E-state index is -1.19. The molecule has 3 nitrogen and oxygen atoms in total. The molecule has 2 atom stereocenters. The number of hydrogen-bond donors (Lipinski definition) is 1. The van der Waals surface area contributed by atoms with E-state index in [9.17, 15) is 9.50 Å². The van der Waals surface area contributed by atoms with Gasteiger partial charge in [-0.25, -0.2) is 9.37 Å². The third-order valence-electron chi connectivity index (χ3n) is 3.66. The molecule has 0 aliphatic carbocycles. The summed E-state index contributed by atoms with van der Waals surface area (Å²) in [4.78, 5) is 6.46. The summed E-state index contributed by atoms with van der Waals surface area (Å²) < 4.78 is 14.6. The standard InChI is InChI=1S/C16H16FIN2O/c17-12-9-20(10-15(12)21)16-7-6-13(18)14(19-16)8-11-4-2-1-3-5-11/h1-7,12,15,21H,8-10H2. The van der Waals surface area contributed by atoms with Crippen molar-refractivity contribution in [3.63, 3.8) is 0 Å². The van der Waals surface area contributed by atoms with Crippen LogP contribution in [0.4, 0.5) is 10.2 Å². The molecule has 0 radical (unpaired) electrons. The molecule has 2 aromatic rings. The summed E-state index contributed by atoms with van der Waals surface area (Å²) in [5.74, 6) is 0.737. The summed E-state index contributed by atoms with van der Waals surface area (Å²) in [6.07, 6.45) is -1.35. The molecule has 1 saturated heterocycles. The van der Waals surface area contributed by atoms with Gasteiger partial charge in [-0.3, -0.25) is 0 Å². The van der Waals surface area contributed by atoms with Crippen LogP contribution in [0.1, 0.15) is 11.3 Å². The second-order valence-electron chi connectivity index (χ2n) is 5.25. The number of rotatable bonds is 3. The fraction of sp³-hybridized carbons (Fsp3) is 0.312. The molecule has 3 rings (SSSR count). The van der Waals surface area contributed by atoms with Crippen molar-refractivity contribution in [1.29, 1.82) is 0 Å². The lowest BCUT2D eigenvalue weighted by atomic mass is 10.1. The Morgan fingerprint density at radius 1 is 1.19 bits per heavy atom. The lowest BCUT2D eigenvalue weighted by Gasteiger charge is -2.17. The molecule has 1 aromatic carbocycles. The molecule has 5 heteroatoms. The Morgan fingerprint density at radius 2 is 1.95 bits per heavy atom. The Morgan fingerprint density at radius 3 is 2.62 bits per heavy atom. The SMILES string of the molecule is OC1CN(c2ccc(I)c(Cc3ccccc3)n2)CC1F. The molecule has 2 unspecified atom stereocenters. The Hall–Kier alpha value is -1.21. The molecule has 0 bridgehead atoms. The maximum absolute atomic E-state index is 13.5. The van der Waals surface area contributed by atoms with Crippen LogP contribution >= 0.6 is 22.6 Å². The van der Waals surface area contributed by atoms with Gasteiger partial charge >= 0.3 is 0 Å². The fourth-order valence-corrected chi connectivity index (χ4v) is 2.99. The number of anilines is 1. The van der Waals surface area contributed by atoms with Crippen LogP contribution in [0.5, 0.6) is 0 Å². The second kappa shape index (κ2) is 6.27. The quantitative estimate of drug-likeness (QED) is 0.809. The first-order chi connectivity index (χ1) is 10.1. The monoisotopic (exact) mass is 398 g/mol. The summed E-state index contributed by atoms with van der Waals surface area (Å²) in [6.45, 7) is 0.513. The van der Waals surface area contributed by atoms with Gasteiger partial charge in [-0.05, 0) is 40.3 Å². The molecule has 0 amide bonds. The van der Waals surface area contributed by atoms with Crippen molar-refractivity contribution in [2.24, 2.45) is 0 Å². The average molecular weight is 398 g/mol. The predicted octanol–water partition coefficient (Wildman–Crippen LogP) is 2.80. The molecule has 0 saturated carbocycles. The lowest BCUT2D eigenvalue weighted by Crippen LogP contribution is -2.22. The van der Waals surface area contributed by atoms with Crippen molar-refractivity contribution < 1.29 is 9.50 Å². The summed E-state index contributed by atoms with van der Waals surface area (Å²) in [7, 11) is 0. The second-order valence-corrected chi connectivity index (χ2v) is 6.41. The van der Waals surface area contributed by atoms with Crippen molar-refractivity contribution in [2.75, 3.05) is 18.0 Å². The molecule has 0 spiro atoms. The first-order valence-corrected chi connectivity index (χ1v) is 7.98. The van der Waals surface area contributed by atoms with E-state index in [1.165, 1.54) is 5.56 Å². The number of aliphatic hydroxyl groups excluding tert-OH is 1. The molecular formula is C16H16FIN2O. The highest BCUT2D eigenvalue weighted by molar-refractivity contribution is 14.1. The van der Waals surface area contributed by atoms with Crippen LogP contribution in [-0.4, -0.2) is 35.5 Å². The molecule has 1 fully saturated rings. The van der Waals surface area contributed by atoms with Crippen LogP contribution in [0, 0.1) is 3.57 Å². The van der Waals surface area contributed by atoms with Crippen LogP contribution in [0.2, 0.25) is 0 Å². The Balaban J connectivity index is 1.83. The van der Waals surface area contributed by atoms with Crippen LogP contribution < -0.4 is 4.90 Å². The zero-order valence-electron chi connectivity index (χ0n) is 11.4. The molecule has 110 valence electrons. The molecule has 1 aromatic heterocycles. The molecule has 1 N–H and O–H groups in total. The molecule has 1 aliphatic heterocycles. The highest BCUT2D eigenvalue weighted by Crippen LogP contribution is 2.23. The summed E-state index contributed by atoms with van der Waals surface area (Å²) in [5, 5.41) is 9.54. The normalized spacial score (nSPS) is 21.8. The highest BCUT2D eigenvalue weighted by atomic mass is 127. The number of aliphatic hydroxyl groups is 1. The van der Waals surface area contributed by atoms with E-state index >= 15 is 0 Å². The summed E-state index contributed by atoms with van der Waals surface area (Å²) >= 11 is 2.27. The third kappa shape index (κ3) is 3.35. The first-order valence-electron chi connectivity index (χ1n) is 6.90. The van der Waals surface area contributed by atoms with E-state index in [1.807, 2.05) is 30.3 Å². The van der Waals surface area contributed by atoms with Crippen LogP contribution in [0.3, 0.4) is 0 Å².